The number of nitrogens with one attached hydrogen (secondary N) is 2. The lowest BCUT2D eigenvalue weighted by Crippen LogP contribution is -2.31. The van der Waals surface area contributed by atoms with E-state index in [1.165, 1.54) is 0 Å². The molecule has 4 N–H and O–H groups in total. The Labute approximate surface area is 224 Å². The van der Waals surface area contributed by atoms with Gasteiger partial charge in [-0.25, -0.2) is 8.42 Å². The highest BCUT2D eigenvalue weighted by Crippen LogP contribution is 2.35. The molecule has 4 aromatic carbocycles. The summed E-state index contributed by atoms with van der Waals surface area (Å²) in [6.07, 6.45) is 1.58. The molecular weight excluding hydrogens is 587 g/mol. The maximum Gasteiger partial charge on any atom is 0.261 e. The van der Waals surface area contributed by atoms with Crippen LogP contribution in [-0.2, 0) is 22.9 Å². The summed E-state index contributed by atoms with van der Waals surface area (Å²) >= 11 is 2.14. The highest BCUT2D eigenvalue weighted by molar-refractivity contribution is 14.1. The molecule has 8 heteroatoms. The molecule has 36 heavy (non-hydrogen) atoms. The van der Waals surface area contributed by atoms with Gasteiger partial charge in [-0.3, -0.25) is 4.72 Å². The van der Waals surface area contributed by atoms with E-state index in [-0.39, 0.29) is 22.4 Å². The molecular formula is C28H25IN2O4S. The molecule has 0 amide bonds. The number of phenolic OH excluding ortho intramolecular Hbond substituents is 2. The summed E-state index contributed by atoms with van der Waals surface area (Å²) in [5, 5.41) is 23.3. The summed E-state index contributed by atoms with van der Waals surface area (Å²) in [4.78, 5) is 0.227. The van der Waals surface area contributed by atoms with Gasteiger partial charge in [0.25, 0.3) is 10.0 Å². The van der Waals surface area contributed by atoms with Gasteiger partial charge in [-0.15, -0.1) is 0 Å². The molecule has 184 valence electrons. The molecule has 6 nitrogen and oxygen atoms in total. The van der Waals surface area contributed by atoms with Gasteiger partial charge in [-0.05, 0) is 118 Å². The summed E-state index contributed by atoms with van der Waals surface area (Å²) < 4.78 is 28.9. The highest BCUT2D eigenvalue weighted by Gasteiger charge is 2.22. The van der Waals surface area contributed by atoms with E-state index in [2.05, 4.69) is 56.9 Å². The van der Waals surface area contributed by atoms with Gasteiger partial charge in [-0.1, -0.05) is 36.4 Å². The maximum absolute atomic E-state index is 12.6. The lowest BCUT2D eigenvalue weighted by Gasteiger charge is -2.27. The van der Waals surface area contributed by atoms with Crippen molar-refractivity contribution in [3.63, 3.8) is 0 Å². The lowest BCUT2D eigenvalue weighted by atomic mass is 9.89. The maximum atomic E-state index is 12.6. The summed E-state index contributed by atoms with van der Waals surface area (Å²) in [6, 6.07) is 25.7. The highest BCUT2D eigenvalue weighted by atomic mass is 127. The van der Waals surface area contributed by atoms with Gasteiger partial charge in [0.15, 0.2) is 11.5 Å². The Morgan fingerprint density at radius 1 is 0.861 bits per heavy atom. The van der Waals surface area contributed by atoms with Gasteiger partial charge in [0, 0.05) is 15.3 Å². The van der Waals surface area contributed by atoms with E-state index in [0.717, 1.165) is 50.8 Å². The number of aromatic hydroxyl groups is 2. The zero-order valence-electron chi connectivity index (χ0n) is 19.3. The third-order valence-corrected chi connectivity index (χ3v) is 8.50. The van der Waals surface area contributed by atoms with E-state index >= 15 is 0 Å². The van der Waals surface area contributed by atoms with E-state index in [0.29, 0.717) is 5.69 Å². The Bertz CT molecular complexity index is 1490. The Hall–Kier alpha value is -3.08. The average Bonchev–Trinajstić information content (AvgIpc) is 2.86. The average molecular weight is 612 g/mol. The first-order valence-electron chi connectivity index (χ1n) is 11.5. The van der Waals surface area contributed by atoms with Crippen molar-refractivity contribution >= 4 is 38.3 Å². The molecule has 1 aliphatic heterocycles. The fourth-order valence-corrected chi connectivity index (χ4v) is 5.90. The number of hydrogen-bond donors (Lipinski definition) is 4. The molecule has 5 rings (SSSR count). The number of phenols is 2. The molecule has 1 unspecified atom stereocenters. The van der Waals surface area contributed by atoms with Crippen LogP contribution in [0.1, 0.15) is 22.7 Å². The molecule has 0 saturated heterocycles. The first-order chi connectivity index (χ1) is 17.3. The molecule has 0 fully saturated rings. The predicted octanol–water partition coefficient (Wildman–Crippen LogP) is 5.60. The Kier molecular flexibility index (Phi) is 6.92. The molecule has 0 spiro atoms. The topological polar surface area (TPSA) is 98.7 Å². The minimum atomic E-state index is -3.64. The smallest absolute Gasteiger partial charge is 0.261 e. The van der Waals surface area contributed by atoms with Gasteiger partial charge in [-0.2, -0.15) is 0 Å². The van der Waals surface area contributed by atoms with Crippen LogP contribution in [0.3, 0.4) is 0 Å². The minimum absolute atomic E-state index is 0.0616. The summed E-state index contributed by atoms with van der Waals surface area (Å²) in [6.45, 7) is 0.819. The van der Waals surface area contributed by atoms with Crippen LogP contribution in [0.2, 0.25) is 0 Å². The predicted molar refractivity (Wildman–Crippen MR) is 150 cm³/mol. The standard InChI is InChI=1S/C28H25IN2O4S/c29-22-7-11-24(12-8-22)36(34,35)31-23-9-5-20(6-10-23)19-3-1-18(2-4-19)15-26-25-17-28(33)27(32)16-21(25)13-14-30-26/h1-12,16-17,26,30-33H,13-15H2. The van der Waals surface area contributed by atoms with Gasteiger partial charge < -0.3 is 15.5 Å². The van der Waals surface area contributed by atoms with Crippen molar-refractivity contribution in [2.24, 2.45) is 0 Å². The Morgan fingerprint density at radius 2 is 1.47 bits per heavy atom. The number of fused-ring (bicyclic) bond motifs is 1. The zero-order valence-corrected chi connectivity index (χ0v) is 22.3. The van der Waals surface area contributed by atoms with Crippen molar-refractivity contribution in [3.05, 3.63) is 105 Å². The molecule has 0 aromatic heterocycles. The summed E-state index contributed by atoms with van der Waals surface area (Å²) in [5.41, 5.74) is 5.75. The largest absolute Gasteiger partial charge is 0.504 e. The van der Waals surface area contributed by atoms with Crippen molar-refractivity contribution < 1.29 is 18.6 Å². The second-order valence-electron chi connectivity index (χ2n) is 8.83. The number of rotatable bonds is 6. The van der Waals surface area contributed by atoms with Crippen LogP contribution in [0.25, 0.3) is 11.1 Å². The number of sulfonamides is 1. The zero-order chi connectivity index (χ0) is 25.3. The minimum Gasteiger partial charge on any atom is -0.504 e. The Morgan fingerprint density at radius 3 is 2.14 bits per heavy atom. The number of benzene rings is 4. The van der Waals surface area contributed by atoms with Crippen LogP contribution in [0.5, 0.6) is 11.5 Å². The fraction of sp³-hybridized carbons (Fsp3) is 0.143. The van der Waals surface area contributed by atoms with Crippen molar-refractivity contribution in [1.29, 1.82) is 0 Å². The molecule has 0 aliphatic carbocycles. The van der Waals surface area contributed by atoms with Crippen molar-refractivity contribution in [1.82, 2.24) is 5.32 Å². The molecule has 1 atom stereocenters. The molecule has 0 saturated carbocycles. The normalized spacial score (nSPS) is 15.3. The number of anilines is 1. The second kappa shape index (κ2) is 10.1. The molecule has 0 bridgehead atoms. The van der Waals surface area contributed by atoms with Gasteiger partial charge in [0.1, 0.15) is 0 Å². The first-order valence-corrected chi connectivity index (χ1v) is 14.1. The summed E-state index contributed by atoms with van der Waals surface area (Å²) in [7, 11) is -3.64. The van der Waals surface area contributed by atoms with Crippen LogP contribution in [0.4, 0.5) is 5.69 Å². The third-order valence-electron chi connectivity index (χ3n) is 6.39. The lowest BCUT2D eigenvalue weighted by molar-refractivity contribution is 0.398. The van der Waals surface area contributed by atoms with Crippen molar-refractivity contribution in [2.45, 2.75) is 23.8 Å². The Balaban J connectivity index is 1.27. The number of hydrogen-bond acceptors (Lipinski definition) is 5. The third kappa shape index (κ3) is 5.35. The van der Waals surface area contributed by atoms with Crippen molar-refractivity contribution in [2.75, 3.05) is 11.3 Å². The van der Waals surface area contributed by atoms with E-state index in [4.69, 9.17) is 0 Å². The van der Waals surface area contributed by atoms with E-state index in [1.807, 2.05) is 12.1 Å². The second-order valence-corrected chi connectivity index (χ2v) is 11.8. The summed E-state index contributed by atoms with van der Waals surface area (Å²) in [5.74, 6) is -0.172. The van der Waals surface area contributed by atoms with Crippen LogP contribution in [-0.4, -0.2) is 25.2 Å². The quantitative estimate of drug-likeness (QED) is 0.168. The van der Waals surface area contributed by atoms with Gasteiger partial charge in [0.05, 0.1) is 4.90 Å². The van der Waals surface area contributed by atoms with E-state index in [1.54, 1.807) is 48.5 Å². The molecule has 1 aliphatic rings. The van der Waals surface area contributed by atoms with Crippen molar-refractivity contribution in [3.8, 4) is 22.6 Å². The first kappa shape index (κ1) is 24.6. The number of halogens is 1. The monoisotopic (exact) mass is 612 g/mol. The van der Waals surface area contributed by atoms with Crippen LogP contribution >= 0.6 is 22.6 Å². The SMILES string of the molecule is O=S(=O)(Nc1ccc(-c2ccc(CC3NCCc4cc(O)c(O)cc43)cc2)cc1)c1ccc(I)cc1. The van der Waals surface area contributed by atoms with Crippen LogP contribution in [0, 0.1) is 3.57 Å². The van der Waals surface area contributed by atoms with Gasteiger partial charge in [0.2, 0.25) is 0 Å². The van der Waals surface area contributed by atoms with Crippen LogP contribution < -0.4 is 10.0 Å². The molecule has 0 radical (unpaired) electrons. The molecule has 1 heterocycles. The van der Waals surface area contributed by atoms with E-state index < -0.39 is 10.0 Å². The van der Waals surface area contributed by atoms with Crippen LogP contribution in [0.15, 0.2) is 89.8 Å². The molecule has 4 aromatic rings. The fourth-order valence-electron chi connectivity index (χ4n) is 4.48. The van der Waals surface area contributed by atoms with Gasteiger partial charge >= 0.3 is 0 Å². The van der Waals surface area contributed by atoms with E-state index in [9.17, 15) is 18.6 Å².